The number of carbonyl (C=O) groups excluding carboxylic acids is 1. The van der Waals surface area contributed by atoms with Gasteiger partial charge < -0.3 is 0 Å². The highest BCUT2D eigenvalue weighted by atomic mass is 35.5. The van der Waals surface area contributed by atoms with Crippen LogP contribution < -0.4 is 0 Å². The van der Waals surface area contributed by atoms with Crippen molar-refractivity contribution in [1.82, 2.24) is 0 Å². The van der Waals surface area contributed by atoms with E-state index in [-0.39, 0.29) is 17.5 Å². The first-order valence-electron chi connectivity index (χ1n) is 5.94. The van der Waals surface area contributed by atoms with Crippen LogP contribution in [0.2, 0.25) is 10.0 Å². The first-order chi connectivity index (χ1) is 8.58. The molecule has 2 rings (SSSR count). The summed E-state index contributed by atoms with van der Waals surface area (Å²) in [6, 6.07) is 4.84. The number of Topliss-reactive ketones (excluding diaryl/α,β-unsaturated/α-hetero) is 1. The smallest absolute Gasteiger partial charge is 0.148 e. The van der Waals surface area contributed by atoms with E-state index in [0.29, 0.717) is 14.9 Å². The van der Waals surface area contributed by atoms with Gasteiger partial charge in [0.25, 0.3) is 0 Å². The predicted octanol–water partition coefficient (Wildman–Crippen LogP) is 3.86. The molecule has 1 unspecified atom stereocenters. The van der Waals surface area contributed by atoms with Crippen molar-refractivity contribution < 1.29 is 9.00 Å². The standard InChI is InChI=1S/C13H14Cl2O2S/c14-11-6-5-10(7-12(11)15)18(17)8-13(16)9-3-1-2-4-9/h5-7,9H,1-4,8H2. The monoisotopic (exact) mass is 304 g/mol. The Labute approximate surface area is 119 Å². The van der Waals surface area contributed by atoms with Crippen LogP contribution in [-0.4, -0.2) is 15.7 Å². The van der Waals surface area contributed by atoms with Crippen molar-refractivity contribution in [3.8, 4) is 0 Å². The van der Waals surface area contributed by atoms with Crippen LogP contribution >= 0.6 is 23.2 Å². The van der Waals surface area contributed by atoms with Gasteiger partial charge in [-0.1, -0.05) is 36.0 Å². The lowest BCUT2D eigenvalue weighted by atomic mass is 10.0. The number of benzene rings is 1. The highest BCUT2D eigenvalue weighted by Crippen LogP contribution is 2.27. The number of hydrogen-bond acceptors (Lipinski definition) is 2. The van der Waals surface area contributed by atoms with E-state index < -0.39 is 10.8 Å². The fourth-order valence-electron chi connectivity index (χ4n) is 2.20. The van der Waals surface area contributed by atoms with E-state index in [1.165, 1.54) is 0 Å². The normalized spacial score (nSPS) is 17.9. The molecule has 18 heavy (non-hydrogen) atoms. The highest BCUT2D eigenvalue weighted by molar-refractivity contribution is 7.85. The molecule has 0 N–H and O–H groups in total. The molecule has 1 aliphatic rings. The van der Waals surface area contributed by atoms with Crippen molar-refractivity contribution in [3.05, 3.63) is 28.2 Å². The molecule has 0 spiro atoms. The van der Waals surface area contributed by atoms with Crippen molar-refractivity contribution in [3.63, 3.8) is 0 Å². The van der Waals surface area contributed by atoms with E-state index in [4.69, 9.17) is 23.2 Å². The Bertz CT molecular complexity index is 482. The maximum atomic E-state index is 12.1. The van der Waals surface area contributed by atoms with Gasteiger partial charge in [0.15, 0.2) is 0 Å². The SMILES string of the molecule is O=C(CS(=O)c1ccc(Cl)c(Cl)c1)C1CCCC1. The van der Waals surface area contributed by atoms with Gasteiger partial charge in [-0.15, -0.1) is 0 Å². The average Bonchev–Trinajstić information content (AvgIpc) is 2.86. The first-order valence-corrected chi connectivity index (χ1v) is 8.01. The van der Waals surface area contributed by atoms with Crippen LogP contribution in [-0.2, 0) is 15.6 Å². The number of hydrogen-bond donors (Lipinski definition) is 0. The summed E-state index contributed by atoms with van der Waals surface area (Å²) in [5, 5.41) is 0.801. The largest absolute Gasteiger partial charge is 0.298 e. The summed E-state index contributed by atoms with van der Waals surface area (Å²) in [5.41, 5.74) is 0. The molecule has 0 heterocycles. The topological polar surface area (TPSA) is 34.1 Å². The summed E-state index contributed by atoms with van der Waals surface area (Å²) < 4.78 is 12.1. The fraction of sp³-hybridized carbons (Fsp3) is 0.462. The van der Waals surface area contributed by atoms with Crippen LogP contribution in [0.5, 0.6) is 0 Å². The van der Waals surface area contributed by atoms with E-state index in [2.05, 4.69) is 0 Å². The second-order valence-electron chi connectivity index (χ2n) is 4.51. The molecule has 5 heteroatoms. The summed E-state index contributed by atoms with van der Waals surface area (Å²) in [5.74, 6) is 0.302. The van der Waals surface area contributed by atoms with Gasteiger partial charge in [-0.05, 0) is 31.0 Å². The molecule has 1 aromatic carbocycles. The van der Waals surface area contributed by atoms with E-state index in [9.17, 15) is 9.00 Å². The van der Waals surface area contributed by atoms with E-state index >= 15 is 0 Å². The molecule has 1 aromatic rings. The summed E-state index contributed by atoms with van der Waals surface area (Å²) >= 11 is 11.7. The quantitative estimate of drug-likeness (QED) is 0.846. The molecular formula is C13H14Cl2O2S. The highest BCUT2D eigenvalue weighted by Gasteiger charge is 2.24. The molecule has 2 nitrogen and oxygen atoms in total. The van der Waals surface area contributed by atoms with Gasteiger partial charge >= 0.3 is 0 Å². The lowest BCUT2D eigenvalue weighted by Crippen LogP contribution is -2.18. The predicted molar refractivity (Wildman–Crippen MR) is 74.7 cm³/mol. The van der Waals surface area contributed by atoms with Gasteiger partial charge in [-0.2, -0.15) is 0 Å². The average molecular weight is 305 g/mol. The minimum atomic E-state index is -1.32. The maximum absolute atomic E-state index is 12.1. The van der Waals surface area contributed by atoms with E-state index in [1.54, 1.807) is 18.2 Å². The molecule has 0 saturated heterocycles. The van der Waals surface area contributed by atoms with Gasteiger partial charge in [-0.25, -0.2) is 0 Å². The Balaban J connectivity index is 2.02. The Morgan fingerprint density at radius 2 is 1.89 bits per heavy atom. The lowest BCUT2D eigenvalue weighted by Gasteiger charge is -2.08. The zero-order chi connectivity index (χ0) is 13.1. The molecule has 0 amide bonds. The van der Waals surface area contributed by atoms with Gasteiger partial charge in [0.1, 0.15) is 5.78 Å². The molecule has 1 atom stereocenters. The van der Waals surface area contributed by atoms with Crippen molar-refractivity contribution in [2.75, 3.05) is 5.75 Å². The fourth-order valence-corrected chi connectivity index (χ4v) is 3.69. The number of ketones is 1. The number of halogens is 2. The Hall–Kier alpha value is -0.380. The number of rotatable bonds is 4. The third-order valence-corrected chi connectivity index (χ3v) is 5.30. The van der Waals surface area contributed by atoms with Crippen LogP contribution in [0.15, 0.2) is 23.1 Å². The molecule has 0 radical (unpaired) electrons. The zero-order valence-corrected chi connectivity index (χ0v) is 12.2. The summed E-state index contributed by atoms with van der Waals surface area (Å²) in [7, 11) is -1.32. The molecule has 1 fully saturated rings. The van der Waals surface area contributed by atoms with Crippen LogP contribution in [0.1, 0.15) is 25.7 Å². The van der Waals surface area contributed by atoms with Gasteiger partial charge in [0.2, 0.25) is 0 Å². The van der Waals surface area contributed by atoms with Crippen molar-refractivity contribution >= 4 is 39.8 Å². The maximum Gasteiger partial charge on any atom is 0.148 e. The van der Waals surface area contributed by atoms with Crippen LogP contribution in [0.3, 0.4) is 0 Å². The molecule has 0 aliphatic heterocycles. The summed E-state index contributed by atoms with van der Waals surface area (Å²) in [4.78, 5) is 12.5. The van der Waals surface area contributed by atoms with Crippen molar-refractivity contribution in [2.45, 2.75) is 30.6 Å². The van der Waals surface area contributed by atoms with Gasteiger partial charge in [-0.3, -0.25) is 9.00 Å². The van der Waals surface area contributed by atoms with Crippen molar-refractivity contribution in [2.24, 2.45) is 5.92 Å². The van der Waals surface area contributed by atoms with E-state index in [0.717, 1.165) is 25.7 Å². The van der Waals surface area contributed by atoms with Crippen LogP contribution in [0, 0.1) is 5.92 Å². The number of carbonyl (C=O) groups is 1. The third kappa shape index (κ3) is 3.34. The Morgan fingerprint density at radius 1 is 1.22 bits per heavy atom. The third-order valence-electron chi connectivity index (χ3n) is 3.24. The Kier molecular flexibility index (Phi) is 4.82. The molecule has 0 bridgehead atoms. The zero-order valence-electron chi connectivity index (χ0n) is 9.83. The molecular weight excluding hydrogens is 291 g/mol. The second-order valence-corrected chi connectivity index (χ2v) is 6.78. The minimum Gasteiger partial charge on any atom is -0.298 e. The molecule has 0 aromatic heterocycles. The molecule has 1 aliphatic carbocycles. The van der Waals surface area contributed by atoms with Crippen molar-refractivity contribution in [1.29, 1.82) is 0 Å². The molecule has 98 valence electrons. The van der Waals surface area contributed by atoms with Crippen LogP contribution in [0.4, 0.5) is 0 Å². The van der Waals surface area contributed by atoms with Gasteiger partial charge in [0.05, 0.1) is 26.6 Å². The molecule has 1 saturated carbocycles. The first kappa shape index (κ1) is 14.0. The van der Waals surface area contributed by atoms with Gasteiger partial charge in [0, 0.05) is 10.8 Å². The minimum absolute atomic E-state index is 0.0859. The van der Waals surface area contributed by atoms with E-state index in [1.807, 2.05) is 0 Å². The van der Waals surface area contributed by atoms with Crippen LogP contribution in [0.25, 0.3) is 0 Å². The second kappa shape index (κ2) is 6.18. The summed E-state index contributed by atoms with van der Waals surface area (Å²) in [6.07, 6.45) is 4.10. The summed E-state index contributed by atoms with van der Waals surface area (Å²) in [6.45, 7) is 0. The lowest BCUT2D eigenvalue weighted by molar-refractivity contribution is -0.120. The Morgan fingerprint density at radius 3 is 2.50 bits per heavy atom.